The summed E-state index contributed by atoms with van der Waals surface area (Å²) in [4.78, 5) is 4.03. The van der Waals surface area contributed by atoms with E-state index in [9.17, 15) is 0 Å². The molecule has 1 atom stereocenters. The summed E-state index contributed by atoms with van der Waals surface area (Å²) in [6, 6.07) is 0.00838. The molecule has 0 spiro atoms. The van der Waals surface area contributed by atoms with Crippen molar-refractivity contribution in [2.45, 2.75) is 19.4 Å². The highest BCUT2D eigenvalue weighted by Crippen LogP contribution is 2.10. The molecule has 1 rings (SSSR count). The fourth-order valence-corrected chi connectivity index (χ4v) is 1.27. The van der Waals surface area contributed by atoms with Crippen molar-refractivity contribution in [1.82, 2.24) is 15.0 Å². The molecule has 5 heteroatoms. The summed E-state index contributed by atoms with van der Waals surface area (Å²) in [5.74, 6) is 5.44. The van der Waals surface area contributed by atoms with Crippen LogP contribution in [0.1, 0.15) is 25.1 Å². The first-order valence-corrected chi connectivity index (χ1v) is 4.79. The predicted molar refractivity (Wildman–Crippen MR) is 54.4 cm³/mol. The molecule has 0 aliphatic heterocycles. The molecule has 1 aromatic heterocycles. The normalized spacial score (nSPS) is 13.1. The van der Waals surface area contributed by atoms with Gasteiger partial charge in [-0.3, -0.25) is 5.84 Å². The third kappa shape index (κ3) is 2.80. The van der Waals surface area contributed by atoms with E-state index in [1.807, 2.05) is 11.6 Å². The first-order chi connectivity index (χ1) is 6.79. The van der Waals surface area contributed by atoms with E-state index in [1.54, 1.807) is 12.5 Å². The topological polar surface area (TPSA) is 65.1 Å². The van der Waals surface area contributed by atoms with Crippen molar-refractivity contribution in [3.63, 3.8) is 0 Å². The van der Waals surface area contributed by atoms with Crippen LogP contribution in [0.4, 0.5) is 0 Å². The number of rotatable bonds is 6. The van der Waals surface area contributed by atoms with Crippen LogP contribution >= 0.6 is 0 Å². The average molecular weight is 198 g/mol. The number of hydrogen-bond donors (Lipinski definition) is 2. The van der Waals surface area contributed by atoms with E-state index in [2.05, 4.69) is 17.3 Å². The maximum atomic E-state index is 5.44. The SMILES string of the molecule is CCCOCC(NN)c1cncn1C. The van der Waals surface area contributed by atoms with Crippen molar-refractivity contribution in [2.24, 2.45) is 12.9 Å². The molecule has 1 aromatic rings. The number of hydrazine groups is 1. The Morgan fingerprint density at radius 3 is 3.00 bits per heavy atom. The van der Waals surface area contributed by atoms with Crippen LogP contribution in [0.5, 0.6) is 0 Å². The smallest absolute Gasteiger partial charge is 0.0946 e. The second kappa shape index (κ2) is 5.74. The molecule has 0 aromatic carbocycles. The summed E-state index contributed by atoms with van der Waals surface area (Å²) in [6.45, 7) is 3.41. The van der Waals surface area contributed by atoms with Gasteiger partial charge in [-0.1, -0.05) is 6.92 Å². The van der Waals surface area contributed by atoms with Crippen LogP contribution in [0.25, 0.3) is 0 Å². The van der Waals surface area contributed by atoms with E-state index in [-0.39, 0.29) is 6.04 Å². The lowest BCUT2D eigenvalue weighted by Crippen LogP contribution is -2.32. The summed E-state index contributed by atoms with van der Waals surface area (Å²) in [5, 5.41) is 0. The lowest BCUT2D eigenvalue weighted by molar-refractivity contribution is 0.110. The van der Waals surface area contributed by atoms with Gasteiger partial charge in [0.25, 0.3) is 0 Å². The van der Waals surface area contributed by atoms with Gasteiger partial charge in [0.1, 0.15) is 0 Å². The van der Waals surface area contributed by atoms with E-state index in [0.717, 1.165) is 18.7 Å². The molecular weight excluding hydrogens is 180 g/mol. The Morgan fingerprint density at radius 2 is 2.50 bits per heavy atom. The number of hydrogen-bond acceptors (Lipinski definition) is 4. The van der Waals surface area contributed by atoms with Crippen LogP contribution in [0.15, 0.2) is 12.5 Å². The fraction of sp³-hybridized carbons (Fsp3) is 0.667. The minimum absolute atomic E-state index is 0.00838. The van der Waals surface area contributed by atoms with Crippen LogP contribution in [0.2, 0.25) is 0 Å². The summed E-state index contributed by atoms with van der Waals surface area (Å²) in [6.07, 6.45) is 4.56. The van der Waals surface area contributed by atoms with Gasteiger partial charge in [0.05, 0.1) is 24.7 Å². The maximum Gasteiger partial charge on any atom is 0.0946 e. The van der Waals surface area contributed by atoms with Crippen LogP contribution in [-0.4, -0.2) is 22.8 Å². The standard InChI is InChI=1S/C9H18N4O/c1-3-4-14-6-8(12-10)9-5-11-7-13(9)2/h5,7-8,12H,3-4,6,10H2,1-2H3. The molecule has 0 saturated heterocycles. The molecule has 0 radical (unpaired) electrons. The first kappa shape index (κ1) is 11.2. The van der Waals surface area contributed by atoms with Crippen molar-refractivity contribution in [2.75, 3.05) is 13.2 Å². The Bertz CT molecular complexity index is 261. The molecule has 1 heterocycles. The Labute approximate surface area is 84.2 Å². The lowest BCUT2D eigenvalue weighted by Gasteiger charge is -2.16. The van der Waals surface area contributed by atoms with Crippen LogP contribution in [0, 0.1) is 0 Å². The number of nitrogens with two attached hydrogens (primary N) is 1. The summed E-state index contributed by atoms with van der Waals surface area (Å²) >= 11 is 0. The molecule has 0 bridgehead atoms. The van der Waals surface area contributed by atoms with E-state index < -0.39 is 0 Å². The Balaban J connectivity index is 2.50. The third-order valence-electron chi connectivity index (χ3n) is 2.05. The fourth-order valence-electron chi connectivity index (χ4n) is 1.27. The summed E-state index contributed by atoms with van der Waals surface area (Å²) in [5.41, 5.74) is 3.75. The predicted octanol–water partition coefficient (Wildman–Crippen LogP) is 0.351. The van der Waals surface area contributed by atoms with Gasteiger partial charge in [-0.15, -0.1) is 0 Å². The number of imidazole rings is 1. The van der Waals surface area contributed by atoms with Crippen molar-refractivity contribution >= 4 is 0 Å². The quantitative estimate of drug-likeness (QED) is 0.393. The van der Waals surface area contributed by atoms with Crippen LogP contribution in [-0.2, 0) is 11.8 Å². The van der Waals surface area contributed by atoms with Gasteiger partial charge < -0.3 is 9.30 Å². The second-order valence-corrected chi connectivity index (χ2v) is 3.22. The van der Waals surface area contributed by atoms with Crippen LogP contribution < -0.4 is 11.3 Å². The zero-order valence-corrected chi connectivity index (χ0v) is 8.73. The molecule has 0 aliphatic carbocycles. The van der Waals surface area contributed by atoms with Gasteiger partial charge in [-0.2, -0.15) is 0 Å². The van der Waals surface area contributed by atoms with Crippen molar-refractivity contribution in [3.05, 3.63) is 18.2 Å². The largest absolute Gasteiger partial charge is 0.379 e. The van der Waals surface area contributed by atoms with E-state index >= 15 is 0 Å². The minimum Gasteiger partial charge on any atom is -0.379 e. The summed E-state index contributed by atoms with van der Waals surface area (Å²) in [7, 11) is 1.94. The average Bonchev–Trinajstić information content (AvgIpc) is 2.60. The second-order valence-electron chi connectivity index (χ2n) is 3.22. The number of nitrogens with one attached hydrogen (secondary N) is 1. The Morgan fingerprint density at radius 1 is 1.71 bits per heavy atom. The number of aryl methyl sites for hydroxylation is 1. The van der Waals surface area contributed by atoms with E-state index in [4.69, 9.17) is 10.6 Å². The van der Waals surface area contributed by atoms with E-state index in [0.29, 0.717) is 6.61 Å². The number of ether oxygens (including phenoxy) is 1. The number of aromatic nitrogens is 2. The molecule has 14 heavy (non-hydrogen) atoms. The molecule has 0 fully saturated rings. The molecule has 0 amide bonds. The van der Waals surface area contributed by atoms with Gasteiger partial charge in [0.15, 0.2) is 0 Å². The number of nitrogens with zero attached hydrogens (tertiary/aromatic N) is 2. The van der Waals surface area contributed by atoms with Crippen LogP contribution in [0.3, 0.4) is 0 Å². The van der Waals surface area contributed by atoms with Gasteiger partial charge in [0, 0.05) is 19.9 Å². The van der Waals surface area contributed by atoms with E-state index in [1.165, 1.54) is 0 Å². The highest BCUT2D eigenvalue weighted by molar-refractivity contribution is 5.04. The van der Waals surface area contributed by atoms with Gasteiger partial charge >= 0.3 is 0 Å². The lowest BCUT2D eigenvalue weighted by atomic mass is 10.2. The zero-order chi connectivity index (χ0) is 10.4. The Kier molecular flexibility index (Phi) is 4.58. The highest BCUT2D eigenvalue weighted by atomic mass is 16.5. The zero-order valence-electron chi connectivity index (χ0n) is 8.73. The monoisotopic (exact) mass is 198 g/mol. The summed E-state index contributed by atoms with van der Waals surface area (Å²) < 4.78 is 7.36. The molecule has 0 saturated carbocycles. The molecule has 3 N–H and O–H groups in total. The Hall–Kier alpha value is -0.910. The van der Waals surface area contributed by atoms with Crippen molar-refractivity contribution in [3.8, 4) is 0 Å². The first-order valence-electron chi connectivity index (χ1n) is 4.79. The van der Waals surface area contributed by atoms with Gasteiger partial charge in [-0.25, -0.2) is 10.4 Å². The van der Waals surface area contributed by atoms with Crippen molar-refractivity contribution in [1.29, 1.82) is 0 Å². The molecule has 80 valence electrons. The minimum atomic E-state index is 0.00838. The third-order valence-corrected chi connectivity index (χ3v) is 2.05. The van der Waals surface area contributed by atoms with Gasteiger partial charge in [-0.05, 0) is 6.42 Å². The van der Waals surface area contributed by atoms with Crippen molar-refractivity contribution < 1.29 is 4.74 Å². The molecule has 5 nitrogen and oxygen atoms in total. The molecule has 1 unspecified atom stereocenters. The molecule has 0 aliphatic rings. The van der Waals surface area contributed by atoms with Gasteiger partial charge in [0.2, 0.25) is 0 Å². The molecular formula is C9H18N4O. The highest BCUT2D eigenvalue weighted by Gasteiger charge is 2.12. The maximum absolute atomic E-state index is 5.44.